The molecule has 6 N–H and O–H groups in total. The maximum absolute atomic E-state index is 6.07. The van der Waals surface area contributed by atoms with E-state index in [2.05, 4.69) is 30.3 Å². The summed E-state index contributed by atoms with van der Waals surface area (Å²) in [6.07, 6.45) is 1.69. The first kappa shape index (κ1) is 15.0. The highest BCUT2D eigenvalue weighted by Crippen LogP contribution is 2.19. The van der Waals surface area contributed by atoms with E-state index in [0.717, 1.165) is 29.9 Å². The zero-order valence-electron chi connectivity index (χ0n) is 13.0. The summed E-state index contributed by atoms with van der Waals surface area (Å²) in [5, 5.41) is 0. The minimum atomic E-state index is 0.783. The lowest BCUT2D eigenvalue weighted by Crippen LogP contribution is -1.97. The standard InChI is InChI=1S/C20H21N3/c21-18-5-1-14(2-6-18)9-16-11-17(13-20(23)12-16)10-15-3-7-19(22)8-4-15/h1-8,11-13H,9-10,21-23H2. The average Bonchev–Trinajstić information content (AvgIpc) is 2.51. The van der Waals surface area contributed by atoms with Crippen LogP contribution in [-0.2, 0) is 12.8 Å². The Kier molecular flexibility index (Phi) is 4.20. The molecule has 3 aromatic carbocycles. The molecular weight excluding hydrogens is 282 g/mol. The number of anilines is 3. The molecule has 3 nitrogen and oxygen atoms in total. The third kappa shape index (κ3) is 4.04. The average molecular weight is 303 g/mol. The Balaban J connectivity index is 1.81. The van der Waals surface area contributed by atoms with Crippen molar-refractivity contribution in [1.82, 2.24) is 0 Å². The van der Waals surface area contributed by atoms with Crippen LogP contribution in [0.25, 0.3) is 0 Å². The van der Waals surface area contributed by atoms with E-state index in [1.807, 2.05) is 36.4 Å². The lowest BCUT2D eigenvalue weighted by atomic mass is 9.98. The molecule has 0 saturated heterocycles. The minimum Gasteiger partial charge on any atom is -0.399 e. The lowest BCUT2D eigenvalue weighted by Gasteiger charge is -2.09. The Morgan fingerprint density at radius 1 is 0.435 bits per heavy atom. The summed E-state index contributed by atoms with van der Waals surface area (Å²) in [5.74, 6) is 0. The highest BCUT2D eigenvalue weighted by atomic mass is 14.5. The predicted molar refractivity (Wildman–Crippen MR) is 98.2 cm³/mol. The Labute approximate surface area is 136 Å². The van der Waals surface area contributed by atoms with Crippen molar-refractivity contribution in [3.05, 3.63) is 89.0 Å². The molecule has 0 amide bonds. The smallest absolute Gasteiger partial charge is 0.0319 e. The van der Waals surface area contributed by atoms with Crippen LogP contribution in [0.1, 0.15) is 22.3 Å². The molecule has 0 aliphatic carbocycles. The molecule has 0 radical (unpaired) electrons. The fourth-order valence-corrected chi connectivity index (χ4v) is 2.74. The summed E-state index contributed by atoms with van der Waals surface area (Å²) in [4.78, 5) is 0. The van der Waals surface area contributed by atoms with Crippen LogP contribution in [0.2, 0.25) is 0 Å². The third-order valence-electron chi connectivity index (χ3n) is 3.85. The Hall–Kier alpha value is -2.94. The number of hydrogen-bond donors (Lipinski definition) is 3. The highest BCUT2D eigenvalue weighted by Gasteiger charge is 2.03. The molecule has 0 bridgehead atoms. The summed E-state index contributed by atoms with van der Waals surface area (Å²) in [7, 11) is 0. The van der Waals surface area contributed by atoms with Crippen molar-refractivity contribution in [2.24, 2.45) is 0 Å². The van der Waals surface area contributed by atoms with Gasteiger partial charge in [-0.05, 0) is 71.5 Å². The topological polar surface area (TPSA) is 78.1 Å². The van der Waals surface area contributed by atoms with Crippen LogP contribution in [-0.4, -0.2) is 0 Å². The van der Waals surface area contributed by atoms with Gasteiger partial charge in [-0.2, -0.15) is 0 Å². The molecule has 0 saturated carbocycles. The predicted octanol–water partition coefficient (Wildman–Crippen LogP) is 3.61. The molecular formula is C20H21N3. The van der Waals surface area contributed by atoms with Crippen LogP contribution in [0, 0.1) is 0 Å². The van der Waals surface area contributed by atoms with Gasteiger partial charge in [0.25, 0.3) is 0 Å². The first-order valence-electron chi connectivity index (χ1n) is 7.66. The molecule has 0 aliphatic rings. The van der Waals surface area contributed by atoms with Gasteiger partial charge in [-0.3, -0.25) is 0 Å². The summed E-state index contributed by atoms with van der Waals surface area (Å²) < 4.78 is 0. The van der Waals surface area contributed by atoms with Gasteiger partial charge in [-0.25, -0.2) is 0 Å². The van der Waals surface area contributed by atoms with E-state index in [1.165, 1.54) is 22.3 Å². The van der Waals surface area contributed by atoms with Gasteiger partial charge < -0.3 is 17.2 Å². The molecule has 0 aromatic heterocycles. The first-order valence-corrected chi connectivity index (χ1v) is 7.66. The van der Waals surface area contributed by atoms with Crippen molar-refractivity contribution < 1.29 is 0 Å². The Bertz CT molecular complexity index is 724. The number of nitrogens with two attached hydrogens (primary N) is 3. The summed E-state index contributed by atoms with van der Waals surface area (Å²) >= 11 is 0. The molecule has 3 heteroatoms. The molecule has 0 spiro atoms. The zero-order valence-corrected chi connectivity index (χ0v) is 13.0. The van der Waals surface area contributed by atoms with Gasteiger partial charge in [0, 0.05) is 17.1 Å². The van der Waals surface area contributed by atoms with Crippen molar-refractivity contribution in [3.63, 3.8) is 0 Å². The molecule has 0 aliphatic heterocycles. The SMILES string of the molecule is Nc1ccc(Cc2cc(N)cc(Cc3ccc(N)cc3)c2)cc1. The van der Waals surface area contributed by atoms with Gasteiger partial charge in [0.05, 0.1) is 0 Å². The fourth-order valence-electron chi connectivity index (χ4n) is 2.74. The number of benzene rings is 3. The van der Waals surface area contributed by atoms with E-state index >= 15 is 0 Å². The molecule has 0 heterocycles. The van der Waals surface area contributed by atoms with E-state index in [-0.39, 0.29) is 0 Å². The van der Waals surface area contributed by atoms with Crippen LogP contribution >= 0.6 is 0 Å². The minimum absolute atomic E-state index is 0.783. The maximum atomic E-state index is 6.07. The van der Waals surface area contributed by atoms with Gasteiger partial charge in [0.2, 0.25) is 0 Å². The second-order valence-corrected chi connectivity index (χ2v) is 5.92. The van der Waals surface area contributed by atoms with Crippen molar-refractivity contribution in [2.75, 3.05) is 17.2 Å². The van der Waals surface area contributed by atoms with Gasteiger partial charge in [-0.1, -0.05) is 30.3 Å². The maximum Gasteiger partial charge on any atom is 0.0319 e. The molecule has 116 valence electrons. The molecule has 0 atom stereocenters. The van der Waals surface area contributed by atoms with Crippen LogP contribution in [0.5, 0.6) is 0 Å². The quantitative estimate of drug-likeness (QED) is 0.644. The monoisotopic (exact) mass is 303 g/mol. The van der Waals surface area contributed by atoms with Crippen molar-refractivity contribution >= 4 is 17.1 Å². The molecule has 3 rings (SSSR count). The third-order valence-corrected chi connectivity index (χ3v) is 3.85. The number of rotatable bonds is 4. The van der Waals surface area contributed by atoms with Gasteiger partial charge in [0.1, 0.15) is 0 Å². The lowest BCUT2D eigenvalue weighted by molar-refractivity contribution is 1.14. The van der Waals surface area contributed by atoms with E-state index < -0.39 is 0 Å². The van der Waals surface area contributed by atoms with Crippen molar-refractivity contribution in [2.45, 2.75) is 12.8 Å². The van der Waals surface area contributed by atoms with Crippen LogP contribution < -0.4 is 17.2 Å². The van der Waals surface area contributed by atoms with E-state index in [4.69, 9.17) is 17.2 Å². The van der Waals surface area contributed by atoms with Gasteiger partial charge in [-0.15, -0.1) is 0 Å². The summed E-state index contributed by atoms with van der Waals surface area (Å²) in [6.45, 7) is 0. The Morgan fingerprint density at radius 2 is 0.826 bits per heavy atom. The zero-order chi connectivity index (χ0) is 16.2. The van der Waals surface area contributed by atoms with E-state index in [0.29, 0.717) is 0 Å². The first-order chi connectivity index (χ1) is 11.1. The Morgan fingerprint density at radius 3 is 1.22 bits per heavy atom. The second kappa shape index (κ2) is 6.44. The number of hydrogen-bond acceptors (Lipinski definition) is 3. The van der Waals surface area contributed by atoms with Gasteiger partial charge >= 0.3 is 0 Å². The van der Waals surface area contributed by atoms with Crippen LogP contribution in [0.15, 0.2) is 66.7 Å². The molecule has 23 heavy (non-hydrogen) atoms. The molecule has 0 fully saturated rings. The van der Waals surface area contributed by atoms with Crippen LogP contribution in [0.4, 0.5) is 17.1 Å². The van der Waals surface area contributed by atoms with Gasteiger partial charge in [0.15, 0.2) is 0 Å². The van der Waals surface area contributed by atoms with E-state index in [9.17, 15) is 0 Å². The molecule has 0 unspecified atom stereocenters. The van der Waals surface area contributed by atoms with Crippen LogP contribution in [0.3, 0.4) is 0 Å². The summed E-state index contributed by atoms with van der Waals surface area (Å²) in [6, 6.07) is 22.2. The fraction of sp³-hybridized carbons (Fsp3) is 0.100. The summed E-state index contributed by atoms with van der Waals surface area (Å²) in [5.41, 5.74) is 24.8. The van der Waals surface area contributed by atoms with Crippen molar-refractivity contribution in [1.29, 1.82) is 0 Å². The largest absolute Gasteiger partial charge is 0.399 e. The second-order valence-electron chi connectivity index (χ2n) is 5.92. The number of nitrogen functional groups attached to an aromatic ring is 3. The van der Waals surface area contributed by atoms with E-state index in [1.54, 1.807) is 0 Å². The molecule has 3 aromatic rings. The highest BCUT2D eigenvalue weighted by molar-refractivity contribution is 5.49. The normalized spacial score (nSPS) is 10.6. The van der Waals surface area contributed by atoms with Crippen molar-refractivity contribution in [3.8, 4) is 0 Å².